The monoisotopic (exact) mass is 277 g/mol. The molecule has 1 aliphatic heterocycles. The Morgan fingerprint density at radius 3 is 3.05 bits per heavy atom. The highest BCUT2D eigenvalue weighted by Gasteiger charge is 2.15. The van der Waals surface area contributed by atoms with E-state index in [9.17, 15) is 5.11 Å². The third-order valence-electron chi connectivity index (χ3n) is 3.54. The molecule has 2 aromatic rings. The molecule has 1 atom stereocenters. The smallest absolute Gasteiger partial charge is 0.0839 e. The van der Waals surface area contributed by atoms with Gasteiger partial charge in [0.05, 0.1) is 21.8 Å². The molecule has 1 aromatic heterocycles. The number of hydrogen-bond donors (Lipinski definition) is 2. The molecule has 2 heterocycles. The van der Waals surface area contributed by atoms with E-state index in [1.165, 1.54) is 17.5 Å². The van der Waals surface area contributed by atoms with E-state index in [2.05, 4.69) is 21.3 Å². The third kappa shape index (κ3) is 3.23. The number of aromatic nitrogens is 1. The Kier molecular flexibility index (Phi) is 3.96. The Morgan fingerprint density at radius 1 is 1.37 bits per heavy atom. The average molecular weight is 277 g/mol. The van der Waals surface area contributed by atoms with E-state index in [1.807, 2.05) is 17.6 Å². The fourth-order valence-electron chi connectivity index (χ4n) is 2.53. The number of rotatable bonds is 5. The lowest BCUT2D eigenvalue weighted by molar-refractivity contribution is 0.135. The van der Waals surface area contributed by atoms with Gasteiger partial charge in [-0.05, 0) is 44.1 Å². The quantitative estimate of drug-likeness (QED) is 0.879. The van der Waals surface area contributed by atoms with Crippen LogP contribution in [0.4, 0.5) is 5.69 Å². The molecule has 0 saturated carbocycles. The Morgan fingerprint density at radius 2 is 2.21 bits per heavy atom. The maximum atomic E-state index is 10.0. The minimum Gasteiger partial charge on any atom is -0.390 e. The zero-order chi connectivity index (χ0) is 13.1. The molecule has 1 saturated heterocycles. The van der Waals surface area contributed by atoms with Gasteiger partial charge in [0.1, 0.15) is 0 Å². The standard InChI is InChI=1S/C14H19N3OS/c18-12(9-17-5-1-2-6-17)8-15-11-3-4-13-14(7-11)19-10-16-13/h3-4,7,10,12,15,18H,1-2,5-6,8-9H2. The first-order valence-electron chi connectivity index (χ1n) is 6.79. The number of likely N-dealkylation sites (tertiary alicyclic amines) is 1. The first kappa shape index (κ1) is 12.8. The van der Waals surface area contributed by atoms with Crippen LogP contribution in [-0.4, -0.2) is 47.3 Å². The van der Waals surface area contributed by atoms with Crippen LogP contribution in [0.1, 0.15) is 12.8 Å². The Bertz CT molecular complexity index is 536. The highest BCUT2D eigenvalue weighted by atomic mass is 32.1. The predicted molar refractivity (Wildman–Crippen MR) is 79.8 cm³/mol. The van der Waals surface area contributed by atoms with Gasteiger partial charge in [0.2, 0.25) is 0 Å². The van der Waals surface area contributed by atoms with Crippen LogP contribution in [0.15, 0.2) is 23.7 Å². The van der Waals surface area contributed by atoms with Crippen LogP contribution in [0.5, 0.6) is 0 Å². The lowest BCUT2D eigenvalue weighted by atomic mass is 10.2. The third-order valence-corrected chi connectivity index (χ3v) is 4.33. The Balaban J connectivity index is 1.52. The number of nitrogens with one attached hydrogen (secondary N) is 1. The number of benzene rings is 1. The van der Waals surface area contributed by atoms with Gasteiger partial charge >= 0.3 is 0 Å². The molecule has 0 bridgehead atoms. The Hall–Kier alpha value is -1.17. The number of hydrogen-bond acceptors (Lipinski definition) is 5. The second-order valence-corrected chi connectivity index (χ2v) is 5.96. The average Bonchev–Trinajstić information content (AvgIpc) is 3.06. The number of anilines is 1. The minimum absolute atomic E-state index is 0.310. The van der Waals surface area contributed by atoms with Crippen molar-refractivity contribution in [2.24, 2.45) is 0 Å². The first-order valence-corrected chi connectivity index (χ1v) is 7.67. The van der Waals surface area contributed by atoms with Crippen molar-refractivity contribution in [1.29, 1.82) is 0 Å². The second-order valence-electron chi connectivity index (χ2n) is 5.08. The van der Waals surface area contributed by atoms with Gasteiger partial charge in [0, 0.05) is 18.8 Å². The van der Waals surface area contributed by atoms with Crippen LogP contribution in [-0.2, 0) is 0 Å². The zero-order valence-electron chi connectivity index (χ0n) is 10.9. The van der Waals surface area contributed by atoms with Crippen molar-refractivity contribution in [3.8, 4) is 0 Å². The van der Waals surface area contributed by atoms with Crippen LogP contribution in [0, 0.1) is 0 Å². The molecule has 3 rings (SSSR count). The normalized spacial score (nSPS) is 17.9. The molecule has 0 spiro atoms. The van der Waals surface area contributed by atoms with Gasteiger partial charge in [-0.25, -0.2) is 4.98 Å². The van der Waals surface area contributed by atoms with E-state index >= 15 is 0 Å². The summed E-state index contributed by atoms with van der Waals surface area (Å²) in [6.45, 7) is 3.63. The van der Waals surface area contributed by atoms with Gasteiger partial charge in [-0.1, -0.05) is 0 Å². The second kappa shape index (κ2) is 5.86. The highest BCUT2D eigenvalue weighted by Crippen LogP contribution is 2.21. The molecule has 4 nitrogen and oxygen atoms in total. The molecule has 1 aromatic carbocycles. The lowest BCUT2D eigenvalue weighted by Gasteiger charge is -2.20. The summed E-state index contributed by atoms with van der Waals surface area (Å²) >= 11 is 1.64. The largest absolute Gasteiger partial charge is 0.390 e. The van der Waals surface area contributed by atoms with E-state index < -0.39 is 0 Å². The molecule has 1 fully saturated rings. The molecular formula is C14H19N3OS. The number of aliphatic hydroxyl groups excluding tert-OH is 1. The van der Waals surface area contributed by atoms with Crippen molar-refractivity contribution < 1.29 is 5.11 Å². The molecule has 5 heteroatoms. The minimum atomic E-state index is -0.310. The van der Waals surface area contributed by atoms with Gasteiger partial charge < -0.3 is 15.3 Å². The molecule has 1 unspecified atom stereocenters. The van der Waals surface area contributed by atoms with Crippen molar-refractivity contribution in [3.63, 3.8) is 0 Å². The van der Waals surface area contributed by atoms with Gasteiger partial charge in [0.25, 0.3) is 0 Å². The van der Waals surface area contributed by atoms with Crippen molar-refractivity contribution in [2.75, 3.05) is 31.5 Å². The topological polar surface area (TPSA) is 48.4 Å². The van der Waals surface area contributed by atoms with Crippen LogP contribution < -0.4 is 5.32 Å². The summed E-state index contributed by atoms with van der Waals surface area (Å²) in [5, 5.41) is 13.3. The lowest BCUT2D eigenvalue weighted by Crippen LogP contribution is -2.34. The van der Waals surface area contributed by atoms with Crippen LogP contribution in [0.25, 0.3) is 10.2 Å². The SMILES string of the molecule is OC(CNc1ccc2ncsc2c1)CN1CCCC1. The van der Waals surface area contributed by atoms with Crippen molar-refractivity contribution in [1.82, 2.24) is 9.88 Å². The molecule has 19 heavy (non-hydrogen) atoms. The summed E-state index contributed by atoms with van der Waals surface area (Å²) in [5.41, 5.74) is 3.95. The maximum Gasteiger partial charge on any atom is 0.0839 e. The summed E-state index contributed by atoms with van der Waals surface area (Å²) in [5.74, 6) is 0. The first-order chi connectivity index (χ1) is 9.31. The molecular weight excluding hydrogens is 258 g/mol. The molecule has 0 amide bonds. The summed E-state index contributed by atoms with van der Waals surface area (Å²) < 4.78 is 1.18. The maximum absolute atomic E-state index is 10.0. The summed E-state index contributed by atoms with van der Waals surface area (Å²) in [6.07, 6.45) is 2.22. The molecule has 1 aliphatic rings. The highest BCUT2D eigenvalue weighted by molar-refractivity contribution is 7.16. The number of thiazole rings is 1. The van der Waals surface area contributed by atoms with Crippen LogP contribution >= 0.6 is 11.3 Å². The number of aliphatic hydroxyl groups is 1. The number of β-amino-alcohol motifs (C(OH)–C–C–N with tert-alkyl or cyclic N) is 1. The van der Waals surface area contributed by atoms with E-state index in [-0.39, 0.29) is 6.10 Å². The number of fused-ring (bicyclic) bond motifs is 1. The molecule has 0 aliphatic carbocycles. The van der Waals surface area contributed by atoms with Gasteiger partial charge in [-0.2, -0.15) is 0 Å². The van der Waals surface area contributed by atoms with E-state index in [0.29, 0.717) is 6.54 Å². The molecule has 0 radical (unpaired) electrons. The fraction of sp³-hybridized carbons (Fsp3) is 0.500. The number of nitrogens with zero attached hydrogens (tertiary/aromatic N) is 2. The van der Waals surface area contributed by atoms with Gasteiger partial charge in [-0.15, -0.1) is 11.3 Å². The van der Waals surface area contributed by atoms with Crippen LogP contribution in [0.2, 0.25) is 0 Å². The predicted octanol–water partition coefficient (Wildman–Crippen LogP) is 2.16. The van der Waals surface area contributed by atoms with E-state index in [0.717, 1.165) is 30.8 Å². The zero-order valence-corrected chi connectivity index (χ0v) is 11.7. The summed E-state index contributed by atoms with van der Waals surface area (Å²) in [7, 11) is 0. The van der Waals surface area contributed by atoms with E-state index in [4.69, 9.17) is 0 Å². The van der Waals surface area contributed by atoms with Crippen LogP contribution in [0.3, 0.4) is 0 Å². The molecule has 102 valence electrons. The van der Waals surface area contributed by atoms with Gasteiger partial charge in [0.15, 0.2) is 0 Å². The molecule has 2 N–H and O–H groups in total. The fourth-order valence-corrected chi connectivity index (χ4v) is 3.24. The van der Waals surface area contributed by atoms with Crippen molar-refractivity contribution in [2.45, 2.75) is 18.9 Å². The van der Waals surface area contributed by atoms with Gasteiger partial charge in [-0.3, -0.25) is 0 Å². The Labute approximate surface area is 117 Å². The van der Waals surface area contributed by atoms with Crippen molar-refractivity contribution >= 4 is 27.2 Å². The van der Waals surface area contributed by atoms with Crippen molar-refractivity contribution in [3.05, 3.63) is 23.7 Å². The summed E-state index contributed by atoms with van der Waals surface area (Å²) in [6, 6.07) is 6.13. The van der Waals surface area contributed by atoms with E-state index in [1.54, 1.807) is 11.3 Å². The summed E-state index contributed by atoms with van der Waals surface area (Å²) in [4.78, 5) is 6.59.